The topological polar surface area (TPSA) is 93.4 Å². The zero-order valence-electron chi connectivity index (χ0n) is 14.3. The number of aryl methyl sites for hydroxylation is 1. The molecule has 2 aromatic rings. The molecule has 1 fully saturated rings. The summed E-state index contributed by atoms with van der Waals surface area (Å²) in [5.74, 6) is -0.367. The van der Waals surface area contributed by atoms with Crippen LogP contribution in [0.15, 0.2) is 33.9 Å². The summed E-state index contributed by atoms with van der Waals surface area (Å²) < 4.78 is 30.1. The largest absolute Gasteiger partial charge is 0.408 e. The molecule has 0 unspecified atom stereocenters. The van der Waals surface area contributed by atoms with Gasteiger partial charge in [0.25, 0.3) is 0 Å². The summed E-state index contributed by atoms with van der Waals surface area (Å²) in [6, 6.07) is 7.32. The zero-order chi connectivity index (χ0) is 18.0. The van der Waals surface area contributed by atoms with Crippen molar-refractivity contribution in [2.45, 2.75) is 31.9 Å². The smallest absolute Gasteiger partial charge is 0.336 e. The van der Waals surface area contributed by atoms with Crippen LogP contribution in [0.5, 0.6) is 0 Å². The molecule has 1 aromatic carbocycles. The van der Waals surface area contributed by atoms with Gasteiger partial charge in [0, 0.05) is 18.7 Å². The van der Waals surface area contributed by atoms with Gasteiger partial charge < -0.3 is 9.32 Å². The summed E-state index contributed by atoms with van der Waals surface area (Å²) in [5.41, 5.74) is 1.64. The predicted octanol–water partition coefficient (Wildman–Crippen LogP) is 2.08. The molecular weight excluding hydrogens is 342 g/mol. The fourth-order valence-electron chi connectivity index (χ4n) is 2.80. The number of carbonyl (C=O) groups is 1. The number of carbonyl (C=O) groups excluding carboxylic acids is 1. The molecule has 0 saturated carbocycles. The van der Waals surface area contributed by atoms with Crippen molar-refractivity contribution in [1.82, 2.24) is 15.1 Å². The van der Waals surface area contributed by atoms with E-state index in [1.807, 2.05) is 25.1 Å². The molecule has 1 aromatic heterocycles. The number of nitrogens with zero attached hydrogens (tertiary/aromatic N) is 3. The van der Waals surface area contributed by atoms with Gasteiger partial charge in [-0.2, -0.15) is 0 Å². The second-order valence-corrected chi connectivity index (χ2v) is 8.43. The van der Waals surface area contributed by atoms with E-state index in [-0.39, 0.29) is 5.89 Å². The number of piperidine rings is 1. The van der Waals surface area contributed by atoms with E-state index in [0.29, 0.717) is 24.6 Å². The highest BCUT2D eigenvalue weighted by Gasteiger charge is 2.30. The van der Waals surface area contributed by atoms with Gasteiger partial charge in [-0.15, -0.1) is 5.10 Å². The molecule has 0 spiro atoms. The van der Waals surface area contributed by atoms with Crippen LogP contribution in [0.2, 0.25) is 0 Å². The summed E-state index contributed by atoms with van der Waals surface area (Å²) in [6.07, 6.45) is 1.79. The normalized spacial score (nSPS) is 16.2. The van der Waals surface area contributed by atoms with Gasteiger partial charge in [-0.25, -0.2) is 8.42 Å². The van der Waals surface area contributed by atoms with Crippen molar-refractivity contribution in [1.29, 1.82) is 0 Å². The average Bonchev–Trinajstić information content (AvgIpc) is 3.06. The van der Waals surface area contributed by atoms with Gasteiger partial charge in [-0.05, 0) is 37.8 Å². The number of rotatable bonds is 4. The molecule has 7 nitrogen and oxygen atoms in total. The van der Waals surface area contributed by atoms with Gasteiger partial charge in [0.1, 0.15) is 5.75 Å². The molecule has 1 amide bonds. The van der Waals surface area contributed by atoms with Crippen LogP contribution in [0.25, 0.3) is 11.5 Å². The van der Waals surface area contributed by atoms with Crippen LogP contribution in [0.1, 0.15) is 25.3 Å². The number of benzene rings is 1. The number of amides is 1. The summed E-state index contributed by atoms with van der Waals surface area (Å²) in [7, 11) is -3.95. The first kappa shape index (κ1) is 17.6. The highest BCUT2D eigenvalue weighted by Crippen LogP contribution is 2.22. The molecule has 0 aliphatic carbocycles. The van der Waals surface area contributed by atoms with E-state index in [4.69, 9.17) is 4.42 Å². The molecule has 2 heterocycles. The molecular formula is C17H21N3O4S. The quantitative estimate of drug-likeness (QED) is 0.825. The number of hydrogen-bond donors (Lipinski definition) is 0. The Morgan fingerprint density at radius 2 is 2.00 bits per heavy atom. The molecule has 0 bridgehead atoms. The van der Waals surface area contributed by atoms with Gasteiger partial charge in [0.15, 0.2) is 0 Å². The Morgan fingerprint density at radius 1 is 1.28 bits per heavy atom. The van der Waals surface area contributed by atoms with Crippen molar-refractivity contribution in [2.75, 3.05) is 18.8 Å². The SMILES string of the molecule is Cc1cccc(-c2nnc(S(=O)(=O)CC(=O)N3CCC(C)CC3)o2)c1. The first-order chi connectivity index (χ1) is 11.8. The lowest BCUT2D eigenvalue weighted by Gasteiger charge is -2.30. The Morgan fingerprint density at radius 3 is 2.68 bits per heavy atom. The van der Waals surface area contributed by atoms with E-state index < -0.39 is 26.7 Å². The van der Waals surface area contributed by atoms with E-state index in [1.54, 1.807) is 11.0 Å². The maximum atomic E-state index is 12.4. The minimum absolute atomic E-state index is 0.126. The van der Waals surface area contributed by atoms with Crippen molar-refractivity contribution >= 4 is 15.7 Å². The fraction of sp³-hybridized carbons (Fsp3) is 0.471. The number of aromatic nitrogens is 2. The second kappa shape index (κ2) is 6.95. The summed E-state index contributed by atoms with van der Waals surface area (Å²) >= 11 is 0. The molecule has 1 aliphatic heterocycles. The summed E-state index contributed by atoms with van der Waals surface area (Å²) in [5, 5.41) is 6.92. The van der Waals surface area contributed by atoms with Gasteiger partial charge in [0.2, 0.25) is 21.6 Å². The highest BCUT2D eigenvalue weighted by molar-refractivity contribution is 7.91. The van der Waals surface area contributed by atoms with Gasteiger partial charge in [0.05, 0.1) is 0 Å². The van der Waals surface area contributed by atoms with E-state index >= 15 is 0 Å². The molecule has 0 radical (unpaired) electrons. The lowest BCUT2D eigenvalue weighted by molar-refractivity contribution is -0.129. The monoisotopic (exact) mass is 363 g/mol. The number of sulfone groups is 1. The van der Waals surface area contributed by atoms with Crippen LogP contribution in [0.4, 0.5) is 0 Å². The Kier molecular flexibility index (Phi) is 4.89. The second-order valence-electron chi connectivity index (χ2n) is 6.56. The molecule has 0 N–H and O–H groups in total. The van der Waals surface area contributed by atoms with Crippen molar-refractivity contribution in [3.8, 4) is 11.5 Å². The molecule has 1 aliphatic rings. The lowest BCUT2D eigenvalue weighted by Crippen LogP contribution is -2.41. The first-order valence-corrected chi connectivity index (χ1v) is 9.91. The minimum Gasteiger partial charge on any atom is -0.408 e. The Labute approximate surface area is 147 Å². The van der Waals surface area contributed by atoms with Gasteiger partial charge in [-0.1, -0.05) is 29.7 Å². The third-order valence-electron chi connectivity index (χ3n) is 4.39. The zero-order valence-corrected chi connectivity index (χ0v) is 15.1. The van der Waals surface area contributed by atoms with E-state index in [9.17, 15) is 13.2 Å². The van der Waals surface area contributed by atoms with Crippen LogP contribution < -0.4 is 0 Å². The van der Waals surface area contributed by atoms with Crippen LogP contribution in [-0.2, 0) is 14.6 Å². The number of likely N-dealkylation sites (tertiary alicyclic amines) is 1. The number of hydrogen-bond acceptors (Lipinski definition) is 6. The lowest BCUT2D eigenvalue weighted by atomic mass is 9.99. The van der Waals surface area contributed by atoms with Crippen molar-refractivity contribution < 1.29 is 17.6 Å². The summed E-state index contributed by atoms with van der Waals surface area (Å²) in [6.45, 7) is 5.22. The van der Waals surface area contributed by atoms with Crippen LogP contribution >= 0.6 is 0 Å². The van der Waals surface area contributed by atoms with E-state index in [1.165, 1.54) is 0 Å². The van der Waals surface area contributed by atoms with Crippen LogP contribution in [0, 0.1) is 12.8 Å². The van der Waals surface area contributed by atoms with Gasteiger partial charge >= 0.3 is 5.22 Å². The standard InChI is InChI=1S/C17H21N3O4S/c1-12-6-8-20(9-7-12)15(21)11-25(22,23)17-19-18-16(24-17)14-5-3-4-13(2)10-14/h3-5,10,12H,6-9,11H2,1-2H3. The van der Waals surface area contributed by atoms with Crippen LogP contribution in [-0.4, -0.2) is 48.3 Å². The predicted molar refractivity (Wildman–Crippen MR) is 91.5 cm³/mol. The molecule has 25 heavy (non-hydrogen) atoms. The van der Waals surface area contributed by atoms with Crippen molar-refractivity contribution in [2.24, 2.45) is 5.92 Å². The third kappa shape index (κ3) is 4.07. The van der Waals surface area contributed by atoms with E-state index in [0.717, 1.165) is 18.4 Å². The highest BCUT2D eigenvalue weighted by atomic mass is 32.2. The third-order valence-corrected chi connectivity index (χ3v) is 5.71. The van der Waals surface area contributed by atoms with Crippen molar-refractivity contribution in [3.05, 3.63) is 29.8 Å². The van der Waals surface area contributed by atoms with Crippen molar-refractivity contribution in [3.63, 3.8) is 0 Å². The summed E-state index contributed by atoms with van der Waals surface area (Å²) in [4.78, 5) is 13.9. The maximum Gasteiger partial charge on any atom is 0.336 e. The Hall–Kier alpha value is -2.22. The van der Waals surface area contributed by atoms with Gasteiger partial charge in [-0.3, -0.25) is 4.79 Å². The maximum absolute atomic E-state index is 12.4. The van der Waals surface area contributed by atoms with Crippen LogP contribution in [0.3, 0.4) is 0 Å². The molecule has 134 valence electrons. The Bertz CT molecular complexity index is 868. The van der Waals surface area contributed by atoms with E-state index in [2.05, 4.69) is 17.1 Å². The first-order valence-electron chi connectivity index (χ1n) is 8.26. The minimum atomic E-state index is -3.95. The molecule has 3 rings (SSSR count). The Balaban J connectivity index is 1.73. The molecule has 0 atom stereocenters. The molecule has 1 saturated heterocycles. The fourth-order valence-corrected chi connectivity index (χ4v) is 3.81. The average molecular weight is 363 g/mol. The molecule has 8 heteroatoms.